The summed E-state index contributed by atoms with van der Waals surface area (Å²) in [5.41, 5.74) is 3.93. The molecule has 3 aromatic rings. The molecule has 2 aromatic heterocycles. The van der Waals surface area contributed by atoms with E-state index in [4.69, 9.17) is 16.0 Å². The van der Waals surface area contributed by atoms with Crippen molar-refractivity contribution in [1.82, 2.24) is 15.6 Å². The van der Waals surface area contributed by atoms with Gasteiger partial charge in [0.2, 0.25) is 0 Å². The Morgan fingerprint density at radius 2 is 2.18 bits per heavy atom. The molecule has 0 aliphatic carbocycles. The van der Waals surface area contributed by atoms with Gasteiger partial charge in [0, 0.05) is 16.7 Å². The first-order chi connectivity index (χ1) is 10.7. The summed E-state index contributed by atoms with van der Waals surface area (Å²) < 4.78 is 5.22. The molecular weight excluding hydrogens is 304 g/mol. The number of amides is 1. The average molecular weight is 315 g/mol. The number of rotatable bonds is 4. The molecule has 2 N–H and O–H groups in total. The van der Waals surface area contributed by atoms with E-state index in [1.54, 1.807) is 36.6 Å². The molecule has 7 heteroatoms. The predicted octanol–water partition coefficient (Wildman–Crippen LogP) is 3.09. The van der Waals surface area contributed by atoms with Crippen LogP contribution in [0.15, 0.2) is 58.2 Å². The highest BCUT2D eigenvalue weighted by atomic mass is 35.5. The number of H-pyrrole nitrogens is 1. The van der Waals surface area contributed by atoms with Crippen LogP contribution in [-0.2, 0) is 0 Å². The van der Waals surface area contributed by atoms with Crippen molar-refractivity contribution in [3.05, 3.63) is 65.0 Å². The zero-order chi connectivity index (χ0) is 15.4. The van der Waals surface area contributed by atoms with Gasteiger partial charge in [0.25, 0.3) is 5.91 Å². The van der Waals surface area contributed by atoms with E-state index in [9.17, 15) is 4.79 Å². The van der Waals surface area contributed by atoms with Crippen LogP contribution in [0.4, 0.5) is 0 Å². The van der Waals surface area contributed by atoms with E-state index < -0.39 is 5.91 Å². The minimum absolute atomic E-state index is 0.211. The summed E-state index contributed by atoms with van der Waals surface area (Å²) in [6.07, 6.45) is 3.02. The Kier molecular flexibility index (Phi) is 4.02. The van der Waals surface area contributed by atoms with Crippen molar-refractivity contribution in [3.63, 3.8) is 0 Å². The third-order valence-corrected chi connectivity index (χ3v) is 3.22. The Labute approximate surface area is 130 Å². The molecule has 0 saturated heterocycles. The molecule has 0 fully saturated rings. The fourth-order valence-corrected chi connectivity index (χ4v) is 1.98. The summed E-state index contributed by atoms with van der Waals surface area (Å²) >= 11 is 5.99. The normalized spacial score (nSPS) is 11.0. The third-order valence-electron chi connectivity index (χ3n) is 2.87. The third kappa shape index (κ3) is 3.07. The van der Waals surface area contributed by atoms with Crippen LogP contribution in [0.25, 0.3) is 11.5 Å². The van der Waals surface area contributed by atoms with Gasteiger partial charge in [0.1, 0.15) is 5.69 Å². The quantitative estimate of drug-likeness (QED) is 0.573. The van der Waals surface area contributed by atoms with E-state index in [2.05, 4.69) is 20.7 Å². The first-order valence-electron chi connectivity index (χ1n) is 6.41. The minimum atomic E-state index is -0.433. The second kappa shape index (κ2) is 6.28. The van der Waals surface area contributed by atoms with Gasteiger partial charge in [-0.25, -0.2) is 5.43 Å². The van der Waals surface area contributed by atoms with Crippen molar-refractivity contribution in [2.75, 3.05) is 0 Å². The standard InChI is InChI=1S/C15H11ClN4O2/c16-11-5-2-1-4-10(11)9-17-20-15(21)13-8-12(18-19-13)14-6-3-7-22-14/h1-9H,(H,18,19)(H,20,21)/b17-9-. The van der Waals surface area contributed by atoms with Crippen molar-refractivity contribution in [2.45, 2.75) is 0 Å². The Morgan fingerprint density at radius 1 is 1.32 bits per heavy atom. The predicted molar refractivity (Wildman–Crippen MR) is 82.8 cm³/mol. The van der Waals surface area contributed by atoms with E-state index in [1.807, 2.05) is 12.1 Å². The lowest BCUT2D eigenvalue weighted by atomic mass is 10.2. The average Bonchev–Trinajstić information content (AvgIpc) is 3.20. The molecule has 0 spiro atoms. The first kappa shape index (κ1) is 14.1. The molecule has 0 unspecified atom stereocenters. The Bertz CT molecular complexity index is 809. The largest absolute Gasteiger partial charge is 0.463 e. The maximum absolute atomic E-state index is 11.9. The second-order valence-corrected chi connectivity index (χ2v) is 4.77. The lowest BCUT2D eigenvalue weighted by Gasteiger charge is -1.97. The number of benzene rings is 1. The molecule has 22 heavy (non-hydrogen) atoms. The summed E-state index contributed by atoms with van der Waals surface area (Å²) in [5, 5.41) is 11.1. The van der Waals surface area contributed by atoms with Gasteiger partial charge < -0.3 is 4.42 Å². The molecule has 1 amide bonds. The van der Waals surface area contributed by atoms with Gasteiger partial charge in [-0.15, -0.1) is 0 Å². The number of carbonyl (C=O) groups excluding carboxylic acids is 1. The van der Waals surface area contributed by atoms with Crippen LogP contribution < -0.4 is 5.43 Å². The van der Waals surface area contributed by atoms with Crippen molar-refractivity contribution in [2.24, 2.45) is 5.10 Å². The number of hydrogen-bond acceptors (Lipinski definition) is 4. The van der Waals surface area contributed by atoms with Crippen molar-refractivity contribution in [3.8, 4) is 11.5 Å². The summed E-state index contributed by atoms with van der Waals surface area (Å²) in [5.74, 6) is 0.170. The Morgan fingerprint density at radius 3 is 2.95 bits per heavy atom. The number of aromatic amines is 1. The molecule has 6 nitrogen and oxygen atoms in total. The van der Waals surface area contributed by atoms with Crippen molar-refractivity contribution in [1.29, 1.82) is 0 Å². The van der Waals surface area contributed by atoms with E-state index in [1.165, 1.54) is 6.21 Å². The Hall–Kier alpha value is -2.86. The highest BCUT2D eigenvalue weighted by molar-refractivity contribution is 6.33. The van der Waals surface area contributed by atoms with E-state index in [0.717, 1.165) is 0 Å². The van der Waals surface area contributed by atoms with Gasteiger partial charge >= 0.3 is 0 Å². The van der Waals surface area contributed by atoms with Gasteiger partial charge in [-0.1, -0.05) is 29.8 Å². The summed E-state index contributed by atoms with van der Waals surface area (Å²) in [7, 11) is 0. The van der Waals surface area contributed by atoms with Gasteiger partial charge in [0.05, 0.1) is 12.5 Å². The van der Waals surface area contributed by atoms with Crippen molar-refractivity contribution >= 4 is 23.7 Å². The van der Waals surface area contributed by atoms with Crippen LogP contribution in [0, 0.1) is 0 Å². The summed E-state index contributed by atoms with van der Waals surface area (Å²) in [4.78, 5) is 11.9. The van der Waals surface area contributed by atoms with Crippen LogP contribution in [0.1, 0.15) is 16.1 Å². The van der Waals surface area contributed by atoms with Crippen LogP contribution >= 0.6 is 11.6 Å². The highest BCUT2D eigenvalue weighted by Crippen LogP contribution is 2.17. The monoisotopic (exact) mass is 314 g/mol. The van der Waals surface area contributed by atoms with E-state index in [0.29, 0.717) is 22.0 Å². The topological polar surface area (TPSA) is 83.3 Å². The molecule has 1 aromatic carbocycles. The molecule has 0 saturated carbocycles. The number of nitrogens with zero attached hydrogens (tertiary/aromatic N) is 2. The number of furan rings is 1. The minimum Gasteiger partial charge on any atom is -0.463 e. The van der Waals surface area contributed by atoms with Crippen LogP contribution in [0.3, 0.4) is 0 Å². The van der Waals surface area contributed by atoms with Gasteiger partial charge in [-0.3, -0.25) is 9.89 Å². The Balaban J connectivity index is 1.67. The van der Waals surface area contributed by atoms with E-state index >= 15 is 0 Å². The fraction of sp³-hybridized carbons (Fsp3) is 0. The lowest BCUT2D eigenvalue weighted by Crippen LogP contribution is -2.18. The lowest BCUT2D eigenvalue weighted by molar-refractivity contribution is 0.0950. The summed E-state index contributed by atoms with van der Waals surface area (Å²) in [6, 6.07) is 12.3. The molecular formula is C15H11ClN4O2. The smallest absolute Gasteiger partial charge is 0.291 e. The molecule has 0 aliphatic rings. The number of carbonyl (C=O) groups is 1. The maximum Gasteiger partial charge on any atom is 0.291 e. The number of nitrogens with one attached hydrogen (secondary N) is 2. The van der Waals surface area contributed by atoms with Gasteiger partial charge in [-0.2, -0.15) is 10.2 Å². The van der Waals surface area contributed by atoms with Gasteiger partial charge in [0.15, 0.2) is 11.5 Å². The SMILES string of the molecule is O=C(N/N=C\c1ccccc1Cl)c1cc(-c2ccco2)[nH]n1. The van der Waals surface area contributed by atoms with Crippen molar-refractivity contribution < 1.29 is 9.21 Å². The molecule has 2 heterocycles. The molecule has 0 bridgehead atoms. The zero-order valence-electron chi connectivity index (χ0n) is 11.3. The highest BCUT2D eigenvalue weighted by Gasteiger charge is 2.11. The number of halogens is 1. The second-order valence-electron chi connectivity index (χ2n) is 4.36. The molecule has 0 aliphatic heterocycles. The molecule has 3 rings (SSSR count). The number of aromatic nitrogens is 2. The summed E-state index contributed by atoms with van der Waals surface area (Å²) in [6.45, 7) is 0. The van der Waals surface area contributed by atoms with Gasteiger partial charge in [-0.05, 0) is 18.2 Å². The number of hydrazone groups is 1. The zero-order valence-corrected chi connectivity index (χ0v) is 12.0. The number of hydrogen-bond donors (Lipinski definition) is 2. The first-order valence-corrected chi connectivity index (χ1v) is 6.79. The molecule has 0 atom stereocenters. The van der Waals surface area contributed by atoms with Crippen LogP contribution in [-0.4, -0.2) is 22.3 Å². The molecule has 0 radical (unpaired) electrons. The van der Waals surface area contributed by atoms with Crippen LogP contribution in [0.5, 0.6) is 0 Å². The maximum atomic E-state index is 11.9. The van der Waals surface area contributed by atoms with E-state index in [-0.39, 0.29) is 5.69 Å². The van der Waals surface area contributed by atoms with Crippen LogP contribution in [0.2, 0.25) is 5.02 Å². The fourth-order valence-electron chi connectivity index (χ4n) is 1.79. The molecule has 110 valence electrons.